The lowest BCUT2D eigenvalue weighted by Gasteiger charge is -2.12. The van der Waals surface area contributed by atoms with Gasteiger partial charge in [0.2, 0.25) is 0 Å². The number of hydrogen-bond donors (Lipinski definition) is 0. The van der Waals surface area contributed by atoms with Crippen molar-refractivity contribution in [3.05, 3.63) is 102 Å². The summed E-state index contributed by atoms with van der Waals surface area (Å²) in [6, 6.07) is 34.0. The van der Waals surface area contributed by atoms with E-state index < -0.39 is 0 Å². The zero-order valence-electron chi connectivity index (χ0n) is 14.6. The molecule has 1 heterocycles. The van der Waals surface area contributed by atoms with Crippen molar-refractivity contribution < 1.29 is 0 Å². The number of halogens is 1. The van der Waals surface area contributed by atoms with E-state index in [0.29, 0.717) is 0 Å². The molecule has 128 valence electrons. The molecule has 5 rings (SSSR count). The average molecular weight is 410 g/mol. The maximum atomic E-state index is 5.04. The highest BCUT2D eigenvalue weighted by Crippen LogP contribution is 2.35. The second-order valence-electron chi connectivity index (χ2n) is 6.65. The molecule has 0 bridgehead atoms. The van der Waals surface area contributed by atoms with Gasteiger partial charge in [0.15, 0.2) is 0 Å². The highest BCUT2D eigenvalue weighted by atomic mass is 79.9. The van der Waals surface area contributed by atoms with Gasteiger partial charge in [-0.05, 0) is 46.7 Å². The van der Waals surface area contributed by atoms with Crippen molar-refractivity contribution in [2.75, 3.05) is 0 Å². The SMILES string of the molecule is Brc1ccc2cc(-c3nc4ccccc4cc3-c3ccccc3)ccc2c1. The van der Waals surface area contributed by atoms with Crippen LogP contribution in [0.25, 0.3) is 44.1 Å². The smallest absolute Gasteiger partial charge is 0.0788 e. The van der Waals surface area contributed by atoms with Crippen LogP contribution < -0.4 is 0 Å². The fourth-order valence-electron chi connectivity index (χ4n) is 3.54. The van der Waals surface area contributed by atoms with Crippen LogP contribution in [-0.4, -0.2) is 4.98 Å². The molecule has 4 aromatic carbocycles. The molecule has 0 saturated heterocycles. The molecular formula is C25H16BrN. The molecule has 0 unspecified atom stereocenters. The normalized spacial score (nSPS) is 11.1. The number of rotatable bonds is 2. The van der Waals surface area contributed by atoms with Gasteiger partial charge in [0.1, 0.15) is 0 Å². The van der Waals surface area contributed by atoms with Crippen molar-refractivity contribution in [3.63, 3.8) is 0 Å². The number of fused-ring (bicyclic) bond motifs is 2. The largest absolute Gasteiger partial charge is 0.247 e. The first-order chi connectivity index (χ1) is 13.3. The maximum absolute atomic E-state index is 5.04. The molecule has 0 aliphatic rings. The van der Waals surface area contributed by atoms with E-state index in [1.165, 1.54) is 16.3 Å². The Morgan fingerprint density at radius 2 is 1.30 bits per heavy atom. The summed E-state index contributed by atoms with van der Waals surface area (Å²) >= 11 is 3.55. The Bertz CT molecular complexity index is 1280. The summed E-state index contributed by atoms with van der Waals surface area (Å²) in [6.45, 7) is 0. The molecular weight excluding hydrogens is 394 g/mol. The first-order valence-corrected chi connectivity index (χ1v) is 9.72. The van der Waals surface area contributed by atoms with Crippen molar-refractivity contribution >= 4 is 37.6 Å². The van der Waals surface area contributed by atoms with Crippen LogP contribution >= 0.6 is 15.9 Å². The second kappa shape index (κ2) is 6.64. The first-order valence-electron chi connectivity index (χ1n) is 8.93. The van der Waals surface area contributed by atoms with Gasteiger partial charge in [-0.15, -0.1) is 0 Å². The van der Waals surface area contributed by atoms with Gasteiger partial charge >= 0.3 is 0 Å². The lowest BCUT2D eigenvalue weighted by Crippen LogP contribution is -1.91. The van der Waals surface area contributed by atoms with Crippen molar-refractivity contribution in [1.29, 1.82) is 0 Å². The summed E-state index contributed by atoms with van der Waals surface area (Å²) in [5.41, 5.74) is 5.51. The number of para-hydroxylation sites is 1. The van der Waals surface area contributed by atoms with E-state index in [9.17, 15) is 0 Å². The van der Waals surface area contributed by atoms with E-state index in [1.54, 1.807) is 0 Å². The van der Waals surface area contributed by atoms with E-state index in [-0.39, 0.29) is 0 Å². The molecule has 5 aromatic rings. The topological polar surface area (TPSA) is 12.9 Å². The minimum absolute atomic E-state index is 1.02. The molecule has 0 aliphatic carbocycles. The predicted octanol–water partition coefficient (Wildman–Crippen LogP) is 7.48. The van der Waals surface area contributed by atoms with Gasteiger partial charge in [-0.3, -0.25) is 0 Å². The molecule has 0 spiro atoms. The highest BCUT2D eigenvalue weighted by molar-refractivity contribution is 9.10. The van der Waals surface area contributed by atoms with Gasteiger partial charge in [-0.1, -0.05) is 82.7 Å². The zero-order chi connectivity index (χ0) is 18.2. The summed E-state index contributed by atoms with van der Waals surface area (Å²) in [5, 5.41) is 3.59. The van der Waals surface area contributed by atoms with E-state index >= 15 is 0 Å². The number of hydrogen-bond acceptors (Lipinski definition) is 1. The highest BCUT2D eigenvalue weighted by Gasteiger charge is 2.12. The quantitative estimate of drug-likeness (QED) is 0.294. The lowest BCUT2D eigenvalue weighted by atomic mass is 9.96. The van der Waals surface area contributed by atoms with Crippen LogP contribution in [0.1, 0.15) is 0 Å². The molecule has 27 heavy (non-hydrogen) atoms. The van der Waals surface area contributed by atoms with Crippen molar-refractivity contribution in [3.8, 4) is 22.4 Å². The third-order valence-corrected chi connectivity index (χ3v) is 5.38. The molecule has 1 aromatic heterocycles. The fourth-order valence-corrected chi connectivity index (χ4v) is 3.92. The minimum Gasteiger partial charge on any atom is -0.247 e. The molecule has 0 fully saturated rings. The molecule has 2 heteroatoms. The third kappa shape index (κ3) is 3.02. The molecule has 0 radical (unpaired) electrons. The molecule has 0 aliphatic heterocycles. The Morgan fingerprint density at radius 3 is 2.19 bits per heavy atom. The summed E-state index contributed by atoms with van der Waals surface area (Å²) in [5.74, 6) is 0. The van der Waals surface area contributed by atoms with Gasteiger partial charge in [0, 0.05) is 21.0 Å². The van der Waals surface area contributed by atoms with Gasteiger partial charge in [-0.25, -0.2) is 4.98 Å². The van der Waals surface area contributed by atoms with Gasteiger partial charge < -0.3 is 0 Å². The number of benzene rings is 4. The summed E-state index contributed by atoms with van der Waals surface area (Å²) < 4.78 is 1.09. The lowest BCUT2D eigenvalue weighted by molar-refractivity contribution is 1.40. The van der Waals surface area contributed by atoms with Gasteiger partial charge in [-0.2, -0.15) is 0 Å². The molecule has 0 saturated carbocycles. The Morgan fingerprint density at radius 1 is 0.556 bits per heavy atom. The van der Waals surface area contributed by atoms with E-state index in [2.05, 4.69) is 101 Å². The molecule has 0 amide bonds. The Kier molecular flexibility index (Phi) is 3.99. The number of aromatic nitrogens is 1. The Balaban J connectivity index is 1.79. The van der Waals surface area contributed by atoms with E-state index in [0.717, 1.165) is 32.2 Å². The Labute approximate surface area is 166 Å². The minimum atomic E-state index is 1.02. The van der Waals surface area contributed by atoms with Crippen LogP contribution in [0, 0.1) is 0 Å². The van der Waals surface area contributed by atoms with E-state index in [1.807, 2.05) is 12.1 Å². The van der Waals surface area contributed by atoms with Crippen molar-refractivity contribution in [1.82, 2.24) is 4.98 Å². The van der Waals surface area contributed by atoms with E-state index in [4.69, 9.17) is 4.98 Å². The zero-order valence-corrected chi connectivity index (χ0v) is 16.1. The van der Waals surface area contributed by atoms with Crippen LogP contribution in [0.3, 0.4) is 0 Å². The van der Waals surface area contributed by atoms with Gasteiger partial charge in [0.05, 0.1) is 11.2 Å². The van der Waals surface area contributed by atoms with Crippen LogP contribution in [0.2, 0.25) is 0 Å². The van der Waals surface area contributed by atoms with Gasteiger partial charge in [0.25, 0.3) is 0 Å². The molecule has 0 atom stereocenters. The fraction of sp³-hybridized carbons (Fsp3) is 0. The predicted molar refractivity (Wildman–Crippen MR) is 118 cm³/mol. The summed E-state index contributed by atoms with van der Waals surface area (Å²) in [6.07, 6.45) is 0. The van der Waals surface area contributed by atoms with Crippen molar-refractivity contribution in [2.45, 2.75) is 0 Å². The monoisotopic (exact) mass is 409 g/mol. The van der Waals surface area contributed by atoms with Crippen molar-refractivity contribution in [2.24, 2.45) is 0 Å². The first kappa shape index (κ1) is 16.2. The third-order valence-electron chi connectivity index (χ3n) is 4.88. The second-order valence-corrected chi connectivity index (χ2v) is 7.57. The Hall–Kier alpha value is -2.97. The standard InChI is InChI=1S/C25H16BrN/c26-22-13-12-18-14-21(11-10-19(18)15-22)25-23(17-6-2-1-3-7-17)16-20-8-4-5-9-24(20)27-25/h1-16H. The summed E-state index contributed by atoms with van der Waals surface area (Å²) in [7, 11) is 0. The molecule has 1 nitrogen and oxygen atoms in total. The number of nitrogens with zero attached hydrogens (tertiary/aromatic N) is 1. The van der Waals surface area contributed by atoms with Crippen LogP contribution in [0.4, 0.5) is 0 Å². The molecule has 0 N–H and O–H groups in total. The summed E-state index contributed by atoms with van der Waals surface area (Å²) in [4.78, 5) is 5.04. The van der Waals surface area contributed by atoms with Crippen LogP contribution in [0.5, 0.6) is 0 Å². The number of pyridine rings is 1. The maximum Gasteiger partial charge on any atom is 0.0788 e. The van der Waals surface area contributed by atoms with Crippen LogP contribution in [-0.2, 0) is 0 Å². The average Bonchev–Trinajstić information content (AvgIpc) is 2.73. The van der Waals surface area contributed by atoms with Crippen LogP contribution in [0.15, 0.2) is 102 Å².